The van der Waals surface area contributed by atoms with E-state index in [9.17, 15) is 0 Å². The molecule has 6 rings (SSSR count). The van der Waals surface area contributed by atoms with Crippen molar-refractivity contribution in [3.8, 4) is 34.0 Å². The van der Waals surface area contributed by atoms with Gasteiger partial charge in [0, 0.05) is 11.1 Å². The number of ether oxygens (including phenoxy) is 1. The van der Waals surface area contributed by atoms with Gasteiger partial charge in [-0.1, -0.05) is 60.7 Å². The fraction of sp³-hybridized carbons (Fsp3) is 0. The van der Waals surface area contributed by atoms with Gasteiger partial charge in [0.25, 0.3) is 0 Å². The Balaban J connectivity index is 1.52. The lowest BCUT2D eigenvalue weighted by molar-refractivity contribution is 0.483. The van der Waals surface area contributed by atoms with Crippen LogP contribution >= 0.6 is 0 Å². The second-order valence-corrected chi connectivity index (χ2v) is 7.30. The average molecular weight is 402 g/mol. The molecule has 0 aliphatic carbocycles. The minimum atomic E-state index is 0.583. The first-order chi connectivity index (χ1) is 15.4. The van der Waals surface area contributed by atoms with Crippen LogP contribution in [0.1, 0.15) is 0 Å². The standard InChI is InChI=1S/C27H18N2O2/c1-3-9-19(10-4-1)25-26(29-23-13-7-8-14-24(23)31-27(29)28-25)20-15-17-22(18-16-20)30-21-11-5-2-6-12-21/h1-18H. The Kier molecular flexibility index (Phi) is 4.06. The minimum Gasteiger partial charge on any atom is -0.457 e. The Morgan fingerprint density at radius 3 is 2.03 bits per heavy atom. The van der Waals surface area contributed by atoms with Crippen LogP contribution in [0.15, 0.2) is 114 Å². The summed E-state index contributed by atoms with van der Waals surface area (Å²) >= 11 is 0. The van der Waals surface area contributed by atoms with Crippen LogP contribution in [0.2, 0.25) is 0 Å². The van der Waals surface area contributed by atoms with Gasteiger partial charge in [-0.2, -0.15) is 4.98 Å². The first-order valence-electron chi connectivity index (χ1n) is 10.2. The number of imidazole rings is 1. The van der Waals surface area contributed by atoms with Gasteiger partial charge in [-0.3, -0.25) is 4.40 Å². The quantitative estimate of drug-likeness (QED) is 0.313. The molecule has 4 nitrogen and oxygen atoms in total. The predicted molar refractivity (Wildman–Crippen MR) is 122 cm³/mol. The highest BCUT2D eigenvalue weighted by atomic mass is 16.5. The summed E-state index contributed by atoms with van der Waals surface area (Å²) in [6, 6.07) is 36.1. The normalized spacial score (nSPS) is 11.2. The second kappa shape index (κ2) is 7.18. The molecule has 0 atom stereocenters. The number of benzene rings is 4. The number of nitrogens with zero attached hydrogens (tertiary/aromatic N) is 2. The number of hydrogen-bond acceptors (Lipinski definition) is 3. The largest absolute Gasteiger partial charge is 0.457 e. The molecular weight excluding hydrogens is 384 g/mol. The maximum absolute atomic E-state index is 6.05. The zero-order chi connectivity index (χ0) is 20.6. The van der Waals surface area contributed by atoms with Gasteiger partial charge in [-0.25, -0.2) is 0 Å². The highest BCUT2D eigenvalue weighted by Gasteiger charge is 2.20. The summed E-state index contributed by atoms with van der Waals surface area (Å²) in [6.07, 6.45) is 0. The van der Waals surface area contributed by atoms with Crippen molar-refractivity contribution in [3.63, 3.8) is 0 Å². The molecule has 4 heteroatoms. The van der Waals surface area contributed by atoms with E-state index in [1.54, 1.807) is 0 Å². The monoisotopic (exact) mass is 402 g/mol. The summed E-state index contributed by atoms with van der Waals surface area (Å²) in [7, 11) is 0. The van der Waals surface area contributed by atoms with Crippen molar-refractivity contribution < 1.29 is 9.15 Å². The maximum atomic E-state index is 6.05. The van der Waals surface area contributed by atoms with Crippen molar-refractivity contribution in [1.82, 2.24) is 9.38 Å². The lowest BCUT2D eigenvalue weighted by atomic mass is 10.0. The van der Waals surface area contributed by atoms with Crippen molar-refractivity contribution >= 4 is 16.9 Å². The topological polar surface area (TPSA) is 39.7 Å². The Morgan fingerprint density at radius 1 is 0.613 bits per heavy atom. The molecule has 0 saturated heterocycles. The third-order valence-corrected chi connectivity index (χ3v) is 5.31. The summed E-state index contributed by atoms with van der Waals surface area (Å²) in [6.45, 7) is 0. The van der Waals surface area contributed by atoms with Crippen molar-refractivity contribution in [2.24, 2.45) is 0 Å². The molecule has 2 heterocycles. The van der Waals surface area contributed by atoms with E-state index in [-0.39, 0.29) is 0 Å². The third kappa shape index (κ3) is 3.06. The van der Waals surface area contributed by atoms with Crippen molar-refractivity contribution in [3.05, 3.63) is 109 Å². The summed E-state index contributed by atoms with van der Waals surface area (Å²) in [5.74, 6) is 2.18. The fourth-order valence-electron chi connectivity index (χ4n) is 3.89. The smallest absolute Gasteiger partial charge is 0.307 e. The van der Waals surface area contributed by atoms with Crippen LogP contribution in [0.4, 0.5) is 0 Å². The first-order valence-corrected chi connectivity index (χ1v) is 10.2. The molecule has 0 unspecified atom stereocenters. The zero-order valence-corrected chi connectivity index (χ0v) is 16.6. The van der Waals surface area contributed by atoms with Crippen molar-refractivity contribution in [2.75, 3.05) is 0 Å². The van der Waals surface area contributed by atoms with Crippen LogP contribution in [-0.4, -0.2) is 9.38 Å². The average Bonchev–Trinajstić information content (AvgIpc) is 3.37. The van der Waals surface area contributed by atoms with E-state index in [0.29, 0.717) is 5.84 Å². The molecular formula is C27H18N2O2. The molecule has 0 spiro atoms. The fourth-order valence-corrected chi connectivity index (χ4v) is 3.89. The first kappa shape index (κ1) is 17.5. The van der Waals surface area contributed by atoms with E-state index in [2.05, 4.69) is 34.7 Å². The van der Waals surface area contributed by atoms with Gasteiger partial charge in [0.2, 0.25) is 0 Å². The molecule has 0 N–H and O–H groups in total. The molecule has 0 fully saturated rings. The van der Waals surface area contributed by atoms with Crippen molar-refractivity contribution in [1.29, 1.82) is 0 Å². The minimum absolute atomic E-state index is 0.583. The Morgan fingerprint density at radius 2 is 1.26 bits per heavy atom. The van der Waals surface area contributed by atoms with E-state index in [0.717, 1.165) is 45.1 Å². The molecule has 0 radical (unpaired) electrons. The molecule has 148 valence electrons. The molecule has 0 amide bonds. The van der Waals surface area contributed by atoms with Gasteiger partial charge in [-0.15, -0.1) is 0 Å². The van der Waals surface area contributed by atoms with Crippen LogP contribution < -0.4 is 4.74 Å². The van der Waals surface area contributed by atoms with Gasteiger partial charge in [0.15, 0.2) is 5.58 Å². The number of fused-ring (bicyclic) bond motifs is 3. The number of para-hydroxylation sites is 3. The highest BCUT2D eigenvalue weighted by Crippen LogP contribution is 2.37. The molecule has 31 heavy (non-hydrogen) atoms. The number of hydrogen-bond donors (Lipinski definition) is 0. The number of aromatic nitrogens is 2. The Hall–Kier alpha value is -4.31. The zero-order valence-electron chi connectivity index (χ0n) is 16.6. The molecule has 4 aromatic carbocycles. The third-order valence-electron chi connectivity index (χ3n) is 5.31. The van der Waals surface area contributed by atoms with Gasteiger partial charge < -0.3 is 9.15 Å². The van der Waals surface area contributed by atoms with Gasteiger partial charge in [0.05, 0.1) is 11.2 Å². The molecule has 2 aromatic heterocycles. The SMILES string of the molecule is c1ccc(Oc2ccc(-c3c(-c4ccccc4)nc4oc5ccccc5n34)cc2)cc1. The van der Waals surface area contributed by atoms with Crippen LogP contribution in [0.25, 0.3) is 39.5 Å². The molecule has 0 bridgehead atoms. The van der Waals surface area contributed by atoms with E-state index in [4.69, 9.17) is 14.1 Å². The molecule has 0 aliphatic rings. The summed E-state index contributed by atoms with van der Waals surface area (Å²) in [5, 5.41) is 0. The molecule has 6 aromatic rings. The van der Waals surface area contributed by atoms with Crippen molar-refractivity contribution in [2.45, 2.75) is 0 Å². The van der Waals surface area contributed by atoms with E-state index in [1.165, 1.54) is 0 Å². The van der Waals surface area contributed by atoms with Gasteiger partial charge >= 0.3 is 5.84 Å². The van der Waals surface area contributed by atoms with E-state index < -0.39 is 0 Å². The predicted octanol–water partition coefficient (Wildman–Crippen LogP) is 7.21. The van der Waals surface area contributed by atoms with Crippen LogP contribution in [0.5, 0.6) is 11.5 Å². The lowest BCUT2D eigenvalue weighted by Gasteiger charge is -2.08. The van der Waals surface area contributed by atoms with E-state index >= 15 is 0 Å². The number of rotatable bonds is 4. The highest BCUT2D eigenvalue weighted by molar-refractivity contribution is 5.87. The molecule has 0 saturated carbocycles. The van der Waals surface area contributed by atoms with Crippen LogP contribution in [0, 0.1) is 0 Å². The van der Waals surface area contributed by atoms with Crippen LogP contribution in [-0.2, 0) is 0 Å². The summed E-state index contributed by atoms with van der Waals surface area (Å²) in [4.78, 5) is 4.85. The second-order valence-electron chi connectivity index (χ2n) is 7.30. The Labute approximate surface area is 179 Å². The van der Waals surface area contributed by atoms with Gasteiger partial charge in [-0.05, 0) is 48.5 Å². The van der Waals surface area contributed by atoms with Gasteiger partial charge in [0.1, 0.15) is 17.2 Å². The maximum Gasteiger partial charge on any atom is 0.307 e. The summed E-state index contributed by atoms with van der Waals surface area (Å²) < 4.78 is 14.1. The van der Waals surface area contributed by atoms with Crippen LogP contribution in [0.3, 0.4) is 0 Å². The van der Waals surface area contributed by atoms with E-state index in [1.807, 2.05) is 78.9 Å². The Bertz CT molecular complexity index is 1480. The summed E-state index contributed by atoms with van der Waals surface area (Å²) in [5.41, 5.74) is 5.78. The number of oxazole rings is 1. The lowest BCUT2D eigenvalue weighted by Crippen LogP contribution is -1.90. The molecule has 0 aliphatic heterocycles.